The molecule has 0 spiro atoms. The lowest BCUT2D eigenvalue weighted by atomic mass is 9.95. The maximum atomic E-state index is 12.4. The molecule has 1 amide bonds. The van der Waals surface area contributed by atoms with Gasteiger partial charge in [-0.1, -0.05) is 11.8 Å². The Morgan fingerprint density at radius 3 is 2.87 bits per heavy atom. The fourth-order valence-electron chi connectivity index (χ4n) is 3.28. The second-order valence-corrected chi connectivity index (χ2v) is 8.42. The Bertz CT molecular complexity index is 715. The molecule has 120 valence electrons. The van der Waals surface area contributed by atoms with Crippen LogP contribution in [0.2, 0.25) is 0 Å². The van der Waals surface area contributed by atoms with E-state index in [1.54, 1.807) is 18.0 Å². The first kappa shape index (κ1) is 15.0. The molecule has 2 saturated heterocycles. The molecular formula is C16H18N4OS2. The molecule has 23 heavy (non-hydrogen) atoms. The fraction of sp³-hybridized carbons (Fsp3) is 0.375. The highest BCUT2D eigenvalue weighted by molar-refractivity contribution is 8.01. The molecule has 2 fully saturated rings. The lowest BCUT2D eigenvalue weighted by molar-refractivity contribution is 0.0930. The summed E-state index contributed by atoms with van der Waals surface area (Å²) in [4.78, 5) is 17.7. The van der Waals surface area contributed by atoms with Crippen LogP contribution in [-0.4, -0.2) is 29.0 Å². The maximum Gasteiger partial charge on any atom is 0.280 e. The van der Waals surface area contributed by atoms with Gasteiger partial charge in [0.25, 0.3) is 5.91 Å². The van der Waals surface area contributed by atoms with Crippen LogP contribution in [0.5, 0.6) is 0 Å². The molecule has 2 bridgehead atoms. The van der Waals surface area contributed by atoms with E-state index in [0.29, 0.717) is 17.1 Å². The summed E-state index contributed by atoms with van der Waals surface area (Å²) in [6.45, 7) is 0. The number of fused-ring (bicyclic) bond motifs is 2. The number of carbonyl (C=O) groups is 1. The summed E-state index contributed by atoms with van der Waals surface area (Å²) in [5.74, 6) is -0.0569. The van der Waals surface area contributed by atoms with Crippen LogP contribution in [0.15, 0.2) is 39.6 Å². The van der Waals surface area contributed by atoms with Gasteiger partial charge in [-0.15, -0.1) is 11.3 Å². The lowest BCUT2D eigenvalue weighted by Crippen LogP contribution is -2.42. The largest absolute Gasteiger partial charge is 0.399 e. The quantitative estimate of drug-likeness (QED) is 0.741. The number of hydrogen-bond donors (Lipinski definition) is 3. The van der Waals surface area contributed by atoms with Crippen LogP contribution in [0.4, 0.5) is 5.69 Å². The highest BCUT2D eigenvalue weighted by Gasteiger charge is 2.39. The zero-order valence-corrected chi connectivity index (χ0v) is 14.1. The van der Waals surface area contributed by atoms with Crippen molar-refractivity contribution in [2.45, 2.75) is 46.5 Å². The van der Waals surface area contributed by atoms with Crippen molar-refractivity contribution < 1.29 is 4.79 Å². The molecule has 5 nitrogen and oxygen atoms in total. The maximum absolute atomic E-state index is 12.4. The third kappa shape index (κ3) is 3.22. The van der Waals surface area contributed by atoms with Gasteiger partial charge in [-0.05, 0) is 43.5 Å². The molecule has 4 N–H and O–H groups in total. The SMILES string of the molecule is Nc1ccc(Sc2cnc(C(=O)N[C@@H]3C[C@H]4CC[C@@H]3N4)s2)cc1. The van der Waals surface area contributed by atoms with Crippen molar-refractivity contribution in [1.29, 1.82) is 0 Å². The van der Waals surface area contributed by atoms with Crippen LogP contribution in [0, 0.1) is 0 Å². The number of thiazole rings is 1. The van der Waals surface area contributed by atoms with Gasteiger partial charge < -0.3 is 16.4 Å². The van der Waals surface area contributed by atoms with E-state index in [9.17, 15) is 4.79 Å². The van der Waals surface area contributed by atoms with E-state index in [0.717, 1.165) is 27.6 Å². The van der Waals surface area contributed by atoms with Crippen molar-refractivity contribution in [1.82, 2.24) is 15.6 Å². The molecule has 0 unspecified atom stereocenters. The monoisotopic (exact) mass is 346 g/mol. The van der Waals surface area contributed by atoms with Crippen LogP contribution < -0.4 is 16.4 Å². The van der Waals surface area contributed by atoms with Gasteiger partial charge in [-0.2, -0.15) is 0 Å². The second-order valence-electron chi connectivity index (χ2n) is 6.02. The first-order chi connectivity index (χ1) is 11.2. The summed E-state index contributed by atoms with van der Waals surface area (Å²) in [5.41, 5.74) is 6.44. The van der Waals surface area contributed by atoms with Crippen LogP contribution in [-0.2, 0) is 0 Å². The van der Waals surface area contributed by atoms with E-state index in [4.69, 9.17) is 5.73 Å². The number of benzene rings is 1. The van der Waals surface area contributed by atoms with Crippen molar-refractivity contribution in [2.75, 3.05) is 5.73 Å². The van der Waals surface area contributed by atoms with Gasteiger partial charge >= 0.3 is 0 Å². The summed E-state index contributed by atoms with van der Waals surface area (Å²) in [7, 11) is 0. The molecule has 0 aliphatic carbocycles. The van der Waals surface area contributed by atoms with E-state index in [1.165, 1.54) is 17.8 Å². The average molecular weight is 346 g/mol. The van der Waals surface area contributed by atoms with Gasteiger partial charge in [0.2, 0.25) is 0 Å². The number of aromatic nitrogens is 1. The van der Waals surface area contributed by atoms with E-state index in [2.05, 4.69) is 15.6 Å². The molecule has 0 saturated carbocycles. The van der Waals surface area contributed by atoms with Crippen LogP contribution >= 0.6 is 23.1 Å². The summed E-state index contributed by atoms with van der Waals surface area (Å²) >= 11 is 3.03. The number of nitrogens with one attached hydrogen (secondary N) is 2. The molecule has 3 heterocycles. The molecule has 1 aromatic heterocycles. The summed E-state index contributed by atoms with van der Waals surface area (Å²) in [5, 5.41) is 7.20. The Labute approximate surface area is 143 Å². The first-order valence-electron chi connectivity index (χ1n) is 7.73. The van der Waals surface area contributed by atoms with E-state index >= 15 is 0 Å². The number of amides is 1. The fourth-order valence-corrected chi connectivity index (χ4v) is 5.13. The lowest BCUT2D eigenvalue weighted by Gasteiger charge is -2.20. The van der Waals surface area contributed by atoms with Crippen LogP contribution in [0.25, 0.3) is 0 Å². The summed E-state index contributed by atoms with van der Waals surface area (Å²) in [6, 6.07) is 8.96. The molecule has 2 aliphatic heterocycles. The van der Waals surface area contributed by atoms with Gasteiger partial charge in [-0.25, -0.2) is 4.98 Å². The van der Waals surface area contributed by atoms with E-state index < -0.39 is 0 Å². The van der Waals surface area contributed by atoms with Gasteiger partial charge in [0.15, 0.2) is 5.01 Å². The van der Waals surface area contributed by atoms with Crippen molar-refractivity contribution in [3.63, 3.8) is 0 Å². The number of nitrogens with two attached hydrogens (primary N) is 1. The number of nitrogen functional groups attached to an aromatic ring is 1. The third-order valence-corrected chi connectivity index (χ3v) is 6.50. The summed E-state index contributed by atoms with van der Waals surface area (Å²) in [6.07, 6.45) is 5.19. The van der Waals surface area contributed by atoms with Crippen molar-refractivity contribution in [3.05, 3.63) is 35.5 Å². The molecule has 2 aromatic rings. The number of nitrogens with zero attached hydrogens (tertiary/aromatic N) is 1. The van der Waals surface area contributed by atoms with Gasteiger partial charge in [0, 0.05) is 28.7 Å². The Balaban J connectivity index is 1.39. The topological polar surface area (TPSA) is 80.0 Å². The second kappa shape index (κ2) is 6.14. The zero-order valence-electron chi connectivity index (χ0n) is 12.5. The third-order valence-electron chi connectivity index (χ3n) is 4.39. The Kier molecular flexibility index (Phi) is 4.00. The van der Waals surface area contributed by atoms with Crippen molar-refractivity contribution >= 4 is 34.7 Å². The Morgan fingerprint density at radius 2 is 2.17 bits per heavy atom. The highest BCUT2D eigenvalue weighted by atomic mass is 32.2. The Morgan fingerprint density at radius 1 is 1.35 bits per heavy atom. The minimum atomic E-state index is -0.0569. The van der Waals surface area contributed by atoms with E-state index in [1.807, 2.05) is 24.3 Å². The van der Waals surface area contributed by atoms with Crippen molar-refractivity contribution in [2.24, 2.45) is 0 Å². The molecule has 3 atom stereocenters. The number of carbonyl (C=O) groups excluding carboxylic acids is 1. The zero-order chi connectivity index (χ0) is 15.8. The van der Waals surface area contributed by atoms with Crippen LogP contribution in [0.1, 0.15) is 29.1 Å². The predicted octanol–water partition coefficient (Wildman–Crippen LogP) is 2.50. The molecule has 0 radical (unpaired) electrons. The average Bonchev–Trinajstić information content (AvgIpc) is 3.26. The molecule has 7 heteroatoms. The van der Waals surface area contributed by atoms with Gasteiger partial charge in [-0.3, -0.25) is 4.79 Å². The number of anilines is 1. The summed E-state index contributed by atoms with van der Waals surface area (Å²) < 4.78 is 1.01. The molecule has 4 rings (SSSR count). The van der Waals surface area contributed by atoms with Crippen LogP contribution in [0.3, 0.4) is 0 Å². The number of rotatable bonds is 4. The van der Waals surface area contributed by atoms with Crippen molar-refractivity contribution in [3.8, 4) is 0 Å². The normalized spacial score (nSPS) is 25.7. The van der Waals surface area contributed by atoms with E-state index in [-0.39, 0.29) is 11.9 Å². The van der Waals surface area contributed by atoms with Gasteiger partial charge in [0.05, 0.1) is 10.4 Å². The first-order valence-corrected chi connectivity index (χ1v) is 9.37. The minimum absolute atomic E-state index is 0.0569. The predicted molar refractivity (Wildman–Crippen MR) is 92.9 cm³/mol. The molecule has 1 aromatic carbocycles. The standard InChI is InChI=1S/C16H18N4OS2/c17-9-1-4-11(5-2-9)22-14-8-18-16(23-14)15(21)20-13-7-10-3-6-12(13)19-10/h1-2,4-5,8,10,12-13,19H,3,6-7,17H2,(H,20,21)/t10-,12+,13-/m1/s1. The Hall–Kier alpha value is -1.57. The smallest absolute Gasteiger partial charge is 0.280 e. The number of hydrogen-bond acceptors (Lipinski definition) is 6. The van der Waals surface area contributed by atoms with Gasteiger partial charge in [0.1, 0.15) is 0 Å². The highest BCUT2D eigenvalue weighted by Crippen LogP contribution is 2.33. The molecular weight excluding hydrogens is 328 g/mol. The minimum Gasteiger partial charge on any atom is -0.399 e. The molecule has 2 aliphatic rings.